The molecule has 1 aromatic heterocycles. The first kappa shape index (κ1) is 13.2. The molecule has 18 heavy (non-hydrogen) atoms. The number of H-pyrrole nitrogens is 1. The molecule has 0 atom stereocenters. The average molecular weight is 312 g/mol. The Morgan fingerprint density at radius 1 is 1.44 bits per heavy atom. The van der Waals surface area contributed by atoms with Gasteiger partial charge in [-0.15, -0.1) is 0 Å². The summed E-state index contributed by atoms with van der Waals surface area (Å²) in [7, 11) is 0. The van der Waals surface area contributed by atoms with Gasteiger partial charge in [-0.25, -0.2) is 9.37 Å². The highest BCUT2D eigenvalue weighted by Crippen LogP contribution is 2.25. The number of nitrogens with two attached hydrogens (primary N) is 1. The monoisotopic (exact) mass is 311 g/mol. The average Bonchev–Trinajstić information content (AvgIpc) is 2.67. The van der Waals surface area contributed by atoms with Gasteiger partial charge in [-0.2, -0.15) is 0 Å². The second-order valence-corrected chi connectivity index (χ2v) is 5.95. The van der Waals surface area contributed by atoms with Crippen LogP contribution in [0.3, 0.4) is 0 Å². The molecule has 0 spiro atoms. The fourth-order valence-electron chi connectivity index (χ4n) is 1.72. The van der Waals surface area contributed by atoms with E-state index in [1.807, 2.05) is 13.8 Å². The highest BCUT2D eigenvalue weighted by atomic mass is 79.9. The SMILES string of the molecule is CC(C)(N)Cc1ncc(-c2cc(Br)ccc2F)[nH]1. The van der Waals surface area contributed by atoms with Gasteiger partial charge in [0, 0.05) is 22.0 Å². The number of aromatic nitrogens is 2. The second-order valence-electron chi connectivity index (χ2n) is 5.03. The van der Waals surface area contributed by atoms with E-state index < -0.39 is 0 Å². The Balaban J connectivity index is 2.32. The van der Waals surface area contributed by atoms with Crippen molar-refractivity contribution in [2.24, 2.45) is 5.73 Å². The van der Waals surface area contributed by atoms with Crippen LogP contribution in [-0.4, -0.2) is 15.5 Å². The molecule has 0 bridgehead atoms. The Morgan fingerprint density at radius 2 is 2.17 bits per heavy atom. The van der Waals surface area contributed by atoms with Crippen molar-refractivity contribution in [1.82, 2.24) is 9.97 Å². The summed E-state index contributed by atoms with van der Waals surface area (Å²) >= 11 is 3.33. The van der Waals surface area contributed by atoms with E-state index in [1.165, 1.54) is 6.07 Å². The molecule has 1 aromatic carbocycles. The van der Waals surface area contributed by atoms with Crippen LogP contribution >= 0.6 is 15.9 Å². The first-order valence-corrected chi connectivity index (χ1v) is 6.43. The molecule has 2 aromatic rings. The van der Waals surface area contributed by atoms with Crippen LogP contribution in [0.25, 0.3) is 11.3 Å². The zero-order valence-corrected chi connectivity index (χ0v) is 11.9. The van der Waals surface area contributed by atoms with Crippen LogP contribution in [0.2, 0.25) is 0 Å². The molecule has 96 valence electrons. The molecule has 2 rings (SSSR count). The van der Waals surface area contributed by atoms with Gasteiger partial charge in [-0.3, -0.25) is 0 Å². The largest absolute Gasteiger partial charge is 0.342 e. The van der Waals surface area contributed by atoms with E-state index >= 15 is 0 Å². The van der Waals surface area contributed by atoms with Crippen molar-refractivity contribution >= 4 is 15.9 Å². The normalized spacial score (nSPS) is 11.8. The van der Waals surface area contributed by atoms with Gasteiger partial charge in [0.1, 0.15) is 11.6 Å². The van der Waals surface area contributed by atoms with Crippen LogP contribution < -0.4 is 5.73 Å². The summed E-state index contributed by atoms with van der Waals surface area (Å²) in [6.07, 6.45) is 2.24. The smallest absolute Gasteiger partial charge is 0.132 e. The van der Waals surface area contributed by atoms with E-state index in [-0.39, 0.29) is 11.4 Å². The molecule has 3 N–H and O–H groups in total. The molecule has 0 radical (unpaired) electrons. The molecule has 0 aliphatic carbocycles. The Bertz CT molecular complexity index is 558. The summed E-state index contributed by atoms with van der Waals surface area (Å²) in [6.45, 7) is 3.85. The fourth-order valence-corrected chi connectivity index (χ4v) is 2.09. The van der Waals surface area contributed by atoms with Crippen LogP contribution in [0.1, 0.15) is 19.7 Å². The van der Waals surface area contributed by atoms with Gasteiger partial charge in [0.05, 0.1) is 11.9 Å². The third kappa shape index (κ3) is 3.17. The van der Waals surface area contributed by atoms with E-state index in [0.717, 1.165) is 10.3 Å². The number of hydrogen-bond donors (Lipinski definition) is 2. The standard InChI is InChI=1S/C13H15BrFN3/c1-13(2,16)6-12-17-7-11(18-12)9-5-8(14)3-4-10(9)15/h3-5,7H,6,16H2,1-2H3,(H,17,18). The lowest BCUT2D eigenvalue weighted by molar-refractivity contribution is 0.505. The van der Waals surface area contributed by atoms with Gasteiger partial charge in [0.25, 0.3) is 0 Å². The number of nitrogens with one attached hydrogen (secondary N) is 1. The summed E-state index contributed by atoms with van der Waals surface area (Å²) in [5.41, 5.74) is 6.74. The number of halogens is 2. The van der Waals surface area contributed by atoms with Crippen LogP contribution in [0.4, 0.5) is 4.39 Å². The molecule has 1 heterocycles. The second kappa shape index (κ2) is 4.82. The van der Waals surface area contributed by atoms with Crippen LogP contribution in [0.15, 0.2) is 28.9 Å². The minimum absolute atomic E-state index is 0.277. The van der Waals surface area contributed by atoms with Gasteiger partial charge in [-0.1, -0.05) is 15.9 Å². The first-order chi connectivity index (χ1) is 8.35. The minimum atomic E-state index is -0.342. The third-order valence-corrected chi connectivity index (χ3v) is 2.96. The lowest BCUT2D eigenvalue weighted by Gasteiger charge is -2.15. The number of rotatable bonds is 3. The molecule has 0 aliphatic heterocycles. The lowest BCUT2D eigenvalue weighted by Crippen LogP contribution is -2.34. The van der Waals surface area contributed by atoms with E-state index in [0.29, 0.717) is 17.7 Å². The molecule has 0 amide bonds. The Labute approximate surface area is 114 Å². The van der Waals surface area contributed by atoms with Gasteiger partial charge >= 0.3 is 0 Å². The quantitative estimate of drug-likeness (QED) is 0.914. The minimum Gasteiger partial charge on any atom is -0.342 e. The molecule has 0 saturated carbocycles. The van der Waals surface area contributed by atoms with Crippen LogP contribution in [0, 0.1) is 5.82 Å². The predicted molar refractivity (Wildman–Crippen MR) is 73.7 cm³/mol. The van der Waals surface area contributed by atoms with E-state index in [9.17, 15) is 4.39 Å². The third-order valence-electron chi connectivity index (χ3n) is 2.47. The van der Waals surface area contributed by atoms with Crippen molar-refractivity contribution in [3.63, 3.8) is 0 Å². The maximum absolute atomic E-state index is 13.7. The van der Waals surface area contributed by atoms with Crippen molar-refractivity contribution in [1.29, 1.82) is 0 Å². The van der Waals surface area contributed by atoms with E-state index in [1.54, 1.807) is 18.3 Å². The number of hydrogen-bond acceptors (Lipinski definition) is 2. The van der Waals surface area contributed by atoms with Gasteiger partial charge in [0.2, 0.25) is 0 Å². The van der Waals surface area contributed by atoms with Crippen molar-refractivity contribution in [3.8, 4) is 11.3 Å². The van der Waals surface area contributed by atoms with Crippen LogP contribution in [0.5, 0.6) is 0 Å². The molecule has 0 fully saturated rings. The first-order valence-electron chi connectivity index (χ1n) is 5.63. The molecular formula is C13H15BrFN3. The molecule has 0 saturated heterocycles. The van der Waals surface area contributed by atoms with Crippen LogP contribution in [-0.2, 0) is 6.42 Å². The highest BCUT2D eigenvalue weighted by molar-refractivity contribution is 9.10. The number of imidazole rings is 1. The molecule has 0 aliphatic rings. The van der Waals surface area contributed by atoms with Gasteiger partial charge in [-0.05, 0) is 32.0 Å². The van der Waals surface area contributed by atoms with E-state index in [4.69, 9.17) is 5.73 Å². The summed E-state index contributed by atoms with van der Waals surface area (Å²) in [5.74, 6) is 0.484. The van der Waals surface area contributed by atoms with E-state index in [2.05, 4.69) is 25.9 Å². The maximum atomic E-state index is 13.7. The number of aromatic amines is 1. The number of benzene rings is 1. The highest BCUT2D eigenvalue weighted by Gasteiger charge is 2.15. The summed E-state index contributed by atoms with van der Waals surface area (Å²) in [5, 5.41) is 0. The Morgan fingerprint density at radius 3 is 2.83 bits per heavy atom. The van der Waals surface area contributed by atoms with Crippen molar-refractivity contribution in [2.75, 3.05) is 0 Å². The fraction of sp³-hybridized carbons (Fsp3) is 0.308. The summed E-state index contributed by atoms with van der Waals surface area (Å²) < 4.78 is 14.5. The summed E-state index contributed by atoms with van der Waals surface area (Å²) in [4.78, 5) is 7.33. The van der Waals surface area contributed by atoms with Crippen molar-refractivity contribution in [2.45, 2.75) is 25.8 Å². The van der Waals surface area contributed by atoms with Crippen molar-refractivity contribution in [3.05, 3.63) is 40.5 Å². The maximum Gasteiger partial charge on any atom is 0.132 e. The zero-order valence-electron chi connectivity index (χ0n) is 10.3. The van der Waals surface area contributed by atoms with Gasteiger partial charge in [0.15, 0.2) is 0 Å². The summed E-state index contributed by atoms with van der Waals surface area (Å²) in [6, 6.07) is 4.81. The van der Waals surface area contributed by atoms with Gasteiger partial charge < -0.3 is 10.7 Å². The zero-order chi connectivity index (χ0) is 13.3. The lowest BCUT2D eigenvalue weighted by atomic mass is 10.0. The Hall–Kier alpha value is -1.20. The molecule has 3 nitrogen and oxygen atoms in total. The Kier molecular flexibility index (Phi) is 3.54. The number of nitrogens with zero attached hydrogens (tertiary/aromatic N) is 1. The molecular weight excluding hydrogens is 297 g/mol. The molecule has 5 heteroatoms. The molecule has 0 unspecified atom stereocenters. The van der Waals surface area contributed by atoms with Crippen molar-refractivity contribution < 1.29 is 4.39 Å². The predicted octanol–water partition coefficient (Wildman–Crippen LogP) is 3.26. The topological polar surface area (TPSA) is 54.7 Å².